The Balaban J connectivity index is 1.35. The van der Waals surface area contributed by atoms with Crippen LogP contribution >= 0.6 is 22.9 Å². The van der Waals surface area contributed by atoms with Crippen LogP contribution < -0.4 is 5.32 Å². The fourth-order valence-electron chi connectivity index (χ4n) is 3.67. The summed E-state index contributed by atoms with van der Waals surface area (Å²) in [5.74, 6) is 1.05. The zero-order chi connectivity index (χ0) is 19.5. The minimum atomic E-state index is 0.0137. The quantitative estimate of drug-likeness (QED) is 0.655. The van der Waals surface area contributed by atoms with Gasteiger partial charge in [0.05, 0.1) is 10.3 Å². The molecule has 0 radical (unpaired) electrons. The highest BCUT2D eigenvalue weighted by atomic mass is 35.5. The van der Waals surface area contributed by atoms with Gasteiger partial charge >= 0.3 is 0 Å². The number of thiophene rings is 1. The maximum Gasteiger partial charge on any atom is 0.228 e. The number of amides is 1. The zero-order valence-electron chi connectivity index (χ0n) is 15.8. The molecule has 28 heavy (non-hydrogen) atoms. The summed E-state index contributed by atoms with van der Waals surface area (Å²) >= 11 is 7.64. The predicted octanol–water partition coefficient (Wildman–Crippen LogP) is 4.75. The van der Waals surface area contributed by atoms with Gasteiger partial charge in [-0.05, 0) is 62.7 Å². The summed E-state index contributed by atoms with van der Waals surface area (Å²) in [4.78, 5) is 20.6. The maximum atomic E-state index is 12.8. The van der Waals surface area contributed by atoms with Gasteiger partial charge in [0.1, 0.15) is 5.82 Å². The number of halogens is 1. The minimum absolute atomic E-state index is 0.0137. The number of anilines is 1. The van der Waals surface area contributed by atoms with Gasteiger partial charge < -0.3 is 9.88 Å². The first-order valence-electron chi connectivity index (χ1n) is 9.46. The van der Waals surface area contributed by atoms with Crippen LogP contribution in [0.3, 0.4) is 0 Å². The summed E-state index contributed by atoms with van der Waals surface area (Å²) in [5.41, 5.74) is 1.86. The first kappa shape index (κ1) is 19.2. The number of hydrogen-bond acceptors (Lipinski definition) is 4. The summed E-state index contributed by atoms with van der Waals surface area (Å²) in [7, 11) is 0. The lowest BCUT2D eigenvalue weighted by molar-refractivity contribution is -0.121. The standard InChI is InChI=1S/C21H23ClN4OS/c1-15-23-10-12-26(15)18-6-4-17(5-7-18)24-21(27)16-3-2-11-25(13-16)14-19-8-9-20(22)28-19/h4-10,12,16H,2-3,11,13-14H2,1H3,(H,24,27)/t16-/m1/s1. The number of rotatable bonds is 5. The molecule has 3 heterocycles. The van der Waals surface area contributed by atoms with Crippen molar-refractivity contribution in [3.05, 3.63) is 63.8 Å². The first-order chi connectivity index (χ1) is 13.6. The molecule has 2 aromatic heterocycles. The highest BCUT2D eigenvalue weighted by Gasteiger charge is 2.26. The van der Waals surface area contributed by atoms with E-state index in [1.807, 2.05) is 48.0 Å². The number of carbonyl (C=O) groups is 1. The molecular weight excluding hydrogens is 392 g/mol. The molecule has 0 bridgehead atoms. The molecule has 1 N–H and O–H groups in total. The van der Waals surface area contributed by atoms with Gasteiger partial charge in [0.15, 0.2) is 0 Å². The third kappa shape index (κ3) is 4.46. The number of likely N-dealkylation sites (tertiary alicyclic amines) is 1. The number of aryl methyl sites for hydroxylation is 1. The number of benzene rings is 1. The van der Waals surface area contributed by atoms with Crippen LogP contribution in [-0.2, 0) is 11.3 Å². The van der Waals surface area contributed by atoms with E-state index in [4.69, 9.17) is 11.6 Å². The largest absolute Gasteiger partial charge is 0.326 e. The number of nitrogens with zero attached hydrogens (tertiary/aromatic N) is 3. The number of aromatic nitrogens is 2. The van der Waals surface area contributed by atoms with E-state index in [-0.39, 0.29) is 11.8 Å². The van der Waals surface area contributed by atoms with Gasteiger partial charge in [-0.3, -0.25) is 9.69 Å². The number of hydrogen-bond donors (Lipinski definition) is 1. The van der Waals surface area contributed by atoms with Crippen molar-refractivity contribution in [1.29, 1.82) is 0 Å². The van der Waals surface area contributed by atoms with Crippen molar-refractivity contribution in [3.8, 4) is 5.69 Å². The Kier molecular flexibility index (Phi) is 5.80. The lowest BCUT2D eigenvalue weighted by Gasteiger charge is -2.31. The molecule has 146 valence electrons. The summed E-state index contributed by atoms with van der Waals surface area (Å²) in [6.07, 6.45) is 5.68. The molecule has 1 amide bonds. The molecule has 1 fully saturated rings. The molecule has 1 saturated heterocycles. The lowest BCUT2D eigenvalue weighted by Crippen LogP contribution is -2.40. The Morgan fingerprint density at radius 2 is 2.11 bits per heavy atom. The number of carbonyl (C=O) groups excluding carboxylic acids is 1. The second-order valence-electron chi connectivity index (χ2n) is 7.16. The average Bonchev–Trinajstić information content (AvgIpc) is 3.30. The summed E-state index contributed by atoms with van der Waals surface area (Å²) in [5, 5.41) is 3.08. The van der Waals surface area contributed by atoms with Gasteiger partial charge in [-0.2, -0.15) is 0 Å². The second-order valence-corrected chi connectivity index (χ2v) is 8.96. The topological polar surface area (TPSA) is 50.2 Å². The molecule has 0 saturated carbocycles. The van der Waals surface area contributed by atoms with E-state index < -0.39 is 0 Å². The monoisotopic (exact) mass is 414 g/mol. The molecule has 1 aliphatic rings. The van der Waals surface area contributed by atoms with Crippen molar-refractivity contribution in [2.24, 2.45) is 5.92 Å². The molecule has 0 unspecified atom stereocenters. The third-order valence-electron chi connectivity index (χ3n) is 5.12. The molecule has 3 aromatic rings. The van der Waals surface area contributed by atoms with Crippen molar-refractivity contribution in [2.75, 3.05) is 18.4 Å². The summed E-state index contributed by atoms with van der Waals surface area (Å²) < 4.78 is 2.83. The van der Waals surface area contributed by atoms with Gasteiger partial charge in [-0.15, -0.1) is 11.3 Å². The Morgan fingerprint density at radius 3 is 2.79 bits per heavy atom. The van der Waals surface area contributed by atoms with Crippen LogP contribution in [0.2, 0.25) is 4.34 Å². The highest BCUT2D eigenvalue weighted by molar-refractivity contribution is 7.16. The molecular formula is C21H23ClN4OS. The predicted molar refractivity (Wildman–Crippen MR) is 114 cm³/mol. The van der Waals surface area contributed by atoms with Crippen LogP contribution in [0, 0.1) is 12.8 Å². The van der Waals surface area contributed by atoms with Crippen molar-refractivity contribution in [1.82, 2.24) is 14.5 Å². The number of imidazole rings is 1. The molecule has 1 aliphatic heterocycles. The fraction of sp³-hybridized carbons (Fsp3) is 0.333. The third-order valence-corrected chi connectivity index (χ3v) is 6.34. The average molecular weight is 415 g/mol. The van der Waals surface area contributed by atoms with Gasteiger partial charge in [0.25, 0.3) is 0 Å². The van der Waals surface area contributed by atoms with E-state index in [1.165, 1.54) is 4.88 Å². The molecule has 0 aliphatic carbocycles. The van der Waals surface area contributed by atoms with Crippen LogP contribution in [0.5, 0.6) is 0 Å². The molecule has 5 nitrogen and oxygen atoms in total. The zero-order valence-corrected chi connectivity index (χ0v) is 17.3. The van der Waals surface area contributed by atoms with E-state index >= 15 is 0 Å². The SMILES string of the molecule is Cc1nccn1-c1ccc(NC(=O)[C@@H]2CCCN(Cc3ccc(Cl)s3)C2)cc1. The van der Waals surface area contributed by atoms with E-state index in [9.17, 15) is 4.79 Å². The van der Waals surface area contributed by atoms with Crippen molar-refractivity contribution in [3.63, 3.8) is 0 Å². The van der Waals surface area contributed by atoms with Crippen molar-refractivity contribution < 1.29 is 4.79 Å². The van der Waals surface area contributed by atoms with Gasteiger partial charge in [-0.1, -0.05) is 11.6 Å². The Hall–Kier alpha value is -2.15. The molecule has 1 aromatic carbocycles. The normalized spacial score (nSPS) is 17.6. The van der Waals surface area contributed by atoms with Crippen LogP contribution in [0.4, 0.5) is 5.69 Å². The molecule has 0 spiro atoms. The van der Waals surface area contributed by atoms with Crippen molar-refractivity contribution in [2.45, 2.75) is 26.3 Å². The molecule has 4 rings (SSSR count). The number of piperidine rings is 1. The fourth-order valence-corrected chi connectivity index (χ4v) is 4.80. The summed E-state index contributed by atoms with van der Waals surface area (Å²) in [6, 6.07) is 11.9. The van der Waals surface area contributed by atoms with E-state index in [2.05, 4.69) is 21.3 Å². The van der Waals surface area contributed by atoms with Crippen molar-refractivity contribution >= 4 is 34.5 Å². The van der Waals surface area contributed by atoms with Crippen LogP contribution in [0.25, 0.3) is 5.69 Å². The van der Waals surface area contributed by atoms with Gasteiger partial charge in [0.2, 0.25) is 5.91 Å². The first-order valence-corrected chi connectivity index (χ1v) is 10.7. The Bertz CT molecular complexity index is 949. The van der Waals surface area contributed by atoms with Crippen LogP contribution in [-0.4, -0.2) is 33.4 Å². The second kappa shape index (κ2) is 8.47. The van der Waals surface area contributed by atoms with E-state index in [1.54, 1.807) is 17.5 Å². The number of nitrogens with one attached hydrogen (secondary N) is 1. The smallest absolute Gasteiger partial charge is 0.228 e. The lowest BCUT2D eigenvalue weighted by atomic mass is 9.97. The highest BCUT2D eigenvalue weighted by Crippen LogP contribution is 2.26. The van der Waals surface area contributed by atoms with Crippen LogP contribution in [0.1, 0.15) is 23.5 Å². The molecule has 7 heteroatoms. The minimum Gasteiger partial charge on any atom is -0.326 e. The molecule has 1 atom stereocenters. The summed E-state index contributed by atoms with van der Waals surface area (Å²) in [6.45, 7) is 4.64. The Labute approximate surface area is 174 Å². The van der Waals surface area contributed by atoms with E-state index in [0.717, 1.165) is 54.0 Å². The maximum absolute atomic E-state index is 12.8. The Morgan fingerprint density at radius 1 is 1.29 bits per heavy atom. The van der Waals surface area contributed by atoms with Crippen LogP contribution in [0.15, 0.2) is 48.8 Å². The van der Waals surface area contributed by atoms with Gasteiger partial charge in [0, 0.05) is 41.7 Å². The van der Waals surface area contributed by atoms with Gasteiger partial charge in [-0.25, -0.2) is 4.98 Å². The van der Waals surface area contributed by atoms with E-state index in [0.29, 0.717) is 0 Å².